The maximum atomic E-state index is 12.8. The number of amides is 1. The van der Waals surface area contributed by atoms with E-state index < -0.39 is 24.4 Å². The Hall–Kier alpha value is -3.49. The van der Waals surface area contributed by atoms with Gasteiger partial charge in [-0.2, -0.15) is 0 Å². The van der Waals surface area contributed by atoms with E-state index in [1.54, 1.807) is 31.3 Å². The molecule has 2 aliphatic rings. The molecule has 2 aliphatic heterocycles. The summed E-state index contributed by atoms with van der Waals surface area (Å²) in [6.45, 7) is 5.82. The van der Waals surface area contributed by atoms with Crippen LogP contribution in [0.1, 0.15) is 37.6 Å². The Labute approximate surface area is 180 Å². The molecule has 2 unspecified atom stereocenters. The van der Waals surface area contributed by atoms with Crippen LogP contribution in [0.15, 0.2) is 42.2 Å². The predicted molar refractivity (Wildman–Crippen MR) is 110 cm³/mol. The Kier molecular flexibility index (Phi) is 6.84. The molecule has 0 saturated heterocycles. The van der Waals surface area contributed by atoms with Crippen molar-refractivity contribution in [2.45, 2.75) is 39.5 Å². The summed E-state index contributed by atoms with van der Waals surface area (Å²) >= 11 is 0. The fourth-order valence-corrected chi connectivity index (χ4v) is 3.04. The molecular formula is C22H26N2O7. The van der Waals surface area contributed by atoms with Crippen molar-refractivity contribution in [2.75, 3.05) is 20.4 Å². The zero-order chi connectivity index (χ0) is 22.5. The summed E-state index contributed by atoms with van der Waals surface area (Å²) in [4.78, 5) is 40.5. The van der Waals surface area contributed by atoms with Crippen molar-refractivity contribution in [3.8, 4) is 11.5 Å². The molecule has 9 nitrogen and oxygen atoms in total. The number of carbonyl (C=O) groups excluding carboxylic acids is 3. The number of fused-ring (bicyclic) bond motifs is 1. The highest BCUT2D eigenvalue weighted by atomic mass is 16.7. The minimum Gasteiger partial charge on any atom is -0.454 e. The number of allylic oxidation sites excluding steroid dienone is 1. The molecule has 2 atom stereocenters. The minimum atomic E-state index is -1.11. The average Bonchev–Trinajstić information content (AvgIpc) is 3.25. The Morgan fingerprint density at radius 1 is 1.16 bits per heavy atom. The SMILES string of the molecule is CCN1C=CCC(C(=O)OC(C)OC(=O)N(C)C(C)C(=O)c2ccc3c(c2)OCO3)=C1. The quantitative estimate of drug-likeness (QED) is 0.370. The third kappa shape index (κ3) is 5.17. The maximum absolute atomic E-state index is 12.8. The van der Waals surface area contributed by atoms with Gasteiger partial charge in [0.1, 0.15) is 0 Å². The number of ketones is 1. The van der Waals surface area contributed by atoms with Crippen LogP contribution in [0, 0.1) is 0 Å². The number of nitrogens with zero attached hydrogens (tertiary/aromatic N) is 2. The molecule has 0 aromatic heterocycles. The summed E-state index contributed by atoms with van der Waals surface area (Å²) in [5.41, 5.74) is 0.848. The van der Waals surface area contributed by atoms with E-state index in [4.69, 9.17) is 18.9 Å². The average molecular weight is 430 g/mol. The molecule has 0 bridgehead atoms. The minimum absolute atomic E-state index is 0.106. The van der Waals surface area contributed by atoms with E-state index in [1.165, 1.54) is 14.0 Å². The van der Waals surface area contributed by atoms with Gasteiger partial charge in [-0.15, -0.1) is 0 Å². The van der Waals surface area contributed by atoms with Crippen LogP contribution in [-0.4, -0.2) is 60.4 Å². The Bertz CT molecular complexity index is 924. The van der Waals surface area contributed by atoms with E-state index in [0.29, 0.717) is 29.1 Å². The zero-order valence-corrected chi connectivity index (χ0v) is 18.0. The number of hydrogen-bond acceptors (Lipinski definition) is 8. The van der Waals surface area contributed by atoms with Crippen molar-refractivity contribution in [3.63, 3.8) is 0 Å². The third-order valence-electron chi connectivity index (χ3n) is 5.03. The molecule has 0 N–H and O–H groups in total. The molecule has 0 saturated carbocycles. The summed E-state index contributed by atoms with van der Waals surface area (Å²) in [6, 6.07) is 4.04. The number of hydrogen-bond donors (Lipinski definition) is 0. The predicted octanol–water partition coefficient (Wildman–Crippen LogP) is 3.07. The number of Topliss-reactive ketones (excluding diaryl/α,β-unsaturated/α-hetero) is 1. The molecule has 166 valence electrons. The maximum Gasteiger partial charge on any atom is 0.413 e. The first-order valence-electron chi connectivity index (χ1n) is 10.0. The zero-order valence-electron chi connectivity index (χ0n) is 18.0. The van der Waals surface area contributed by atoms with E-state index in [9.17, 15) is 14.4 Å². The van der Waals surface area contributed by atoms with E-state index in [1.807, 2.05) is 24.1 Å². The summed E-state index contributed by atoms with van der Waals surface area (Å²) in [5, 5.41) is 0. The van der Waals surface area contributed by atoms with Gasteiger partial charge in [0.25, 0.3) is 0 Å². The lowest BCUT2D eigenvalue weighted by Gasteiger charge is -2.25. The summed E-state index contributed by atoms with van der Waals surface area (Å²) in [6.07, 6.45) is 3.99. The van der Waals surface area contributed by atoms with Crippen LogP contribution in [0.25, 0.3) is 0 Å². The number of benzene rings is 1. The molecule has 0 fully saturated rings. The van der Waals surface area contributed by atoms with Crippen LogP contribution in [-0.2, 0) is 14.3 Å². The van der Waals surface area contributed by atoms with Crippen LogP contribution in [0.2, 0.25) is 0 Å². The third-order valence-corrected chi connectivity index (χ3v) is 5.03. The highest BCUT2D eigenvalue weighted by Gasteiger charge is 2.28. The fourth-order valence-electron chi connectivity index (χ4n) is 3.04. The van der Waals surface area contributed by atoms with Crippen molar-refractivity contribution >= 4 is 17.8 Å². The number of carbonyl (C=O) groups is 3. The first-order valence-corrected chi connectivity index (χ1v) is 10.0. The Balaban J connectivity index is 1.55. The van der Waals surface area contributed by atoms with Gasteiger partial charge in [-0.25, -0.2) is 9.59 Å². The number of rotatable bonds is 7. The van der Waals surface area contributed by atoms with E-state index in [0.717, 1.165) is 11.4 Å². The molecule has 0 aliphatic carbocycles. The lowest BCUT2D eigenvalue weighted by Crippen LogP contribution is -2.42. The molecule has 1 amide bonds. The van der Waals surface area contributed by atoms with Gasteiger partial charge >= 0.3 is 12.1 Å². The molecule has 2 heterocycles. The molecule has 1 aromatic carbocycles. The topological polar surface area (TPSA) is 94.6 Å². The standard InChI is InChI=1S/C22H26N2O7/c1-5-24-10-6-7-17(12-24)21(26)30-15(3)31-22(27)23(4)14(2)20(25)16-8-9-18-19(11-16)29-13-28-18/h6,8-12,14-15H,5,7,13H2,1-4H3. The monoisotopic (exact) mass is 430 g/mol. The van der Waals surface area contributed by atoms with Gasteiger partial charge in [0.15, 0.2) is 17.3 Å². The van der Waals surface area contributed by atoms with Crippen LogP contribution in [0.3, 0.4) is 0 Å². The van der Waals surface area contributed by atoms with Crippen molar-refractivity contribution < 1.29 is 33.3 Å². The molecule has 3 rings (SSSR count). The molecular weight excluding hydrogens is 404 g/mol. The summed E-state index contributed by atoms with van der Waals surface area (Å²) in [7, 11) is 1.44. The second kappa shape index (κ2) is 9.55. The summed E-state index contributed by atoms with van der Waals surface area (Å²) < 4.78 is 21.0. The smallest absolute Gasteiger partial charge is 0.413 e. The van der Waals surface area contributed by atoms with Gasteiger partial charge in [-0.3, -0.25) is 4.79 Å². The van der Waals surface area contributed by atoms with Crippen LogP contribution >= 0.6 is 0 Å². The van der Waals surface area contributed by atoms with E-state index in [-0.39, 0.29) is 12.6 Å². The fraction of sp³-hybridized carbons (Fsp3) is 0.409. The molecule has 1 aromatic rings. The highest BCUT2D eigenvalue weighted by molar-refractivity contribution is 6.01. The van der Waals surface area contributed by atoms with Gasteiger partial charge in [-0.1, -0.05) is 6.08 Å². The van der Waals surface area contributed by atoms with Gasteiger partial charge in [-0.05, 0) is 38.2 Å². The van der Waals surface area contributed by atoms with E-state index in [2.05, 4.69) is 0 Å². The van der Waals surface area contributed by atoms with Gasteiger partial charge in [0.05, 0.1) is 11.6 Å². The second-order valence-electron chi connectivity index (χ2n) is 7.15. The van der Waals surface area contributed by atoms with Crippen molar-refractivity contribution in [3.05, 3.63) is 47.8 Å². The number of likely N-dealkylation sites (N-methyl/N-ethyl adjacent to an activating group) is 1. The molecule has 0 radical (unpaired) electrons. The lowest BCUT2D eigenvalue weighted by molar-refractivity contribution is -0.161. The van der Waals surface area contributed by atoms with Crippen molar-refractivity contribution in [2.24, 2.45) is 0 Å². The van der Waals surface area contributed by atoms with Crippen LogP contribution in [0.5, 0.6) is 11.5 Å². The van der Waals surface area contributed by atoms with Gasteiger partial charge < -0.3 is 28.7 Å². The Morgan fingerprint density at radius 3 is 2.65 bits per heavy atom. The van der Waals surface area contributed by atoms with Crippen LogP contribution < -0.4 is 9.47 Å². The Morgan fingerprint density at radius 2 is 1.90 bits per heavy atom. The van der Waals surface area contributed by atoms with Gasteiger partial charge in [0.2, 0.25) is 13.1 Å². The van der Waals surface area contributed by atoms with Crippen LogP contribution in [0.4, 0.5) is 4.79 Å². The second-order valence-corrected chi connectivity index (χ2v) is 7.15. The molecule has 9 heteroatoms. The normalized spacial score (nSPS) is 16.3. The van der Waals surface area contributed by atoms with Crippen molar-refractivity contribution in [1.29, 1.82) is 0 Å². The number of ether oxygens (including phenoxy) is 4. The first kappa shape index (κ1) is 22.2. The molecule has 31 heavy (non-hydrogen) atoms. The summed E-state index contributed by atoms with van der Waals surface area (Å²) in [5.74, 6) is 0.201. The van der Waals surface area contributed by atoms with Crippen molar-refractivity contribution in [1.82, 2.24) is 9.80 Å². The molecule has 0 spiro atoms. The highest BCUT2D eigenvalue weighted by Crippen LogP contribution is 2.33. The first-order chi connectivity index (χ1) is 14.8. The largest absolute Gasteiger partial charge is 0.454 e. The lowest BCUT2D eigenvalue weighted by atomic mass is 10.0. The van der Waals surface area contributed by atoms with E-state index >= 15 is 0 Å². The van der Waals surface area contributed by atoms with Gasteiger partial charge in [0, 0.05) is 38.7 Å². The number of esters is 1.